The fraction of sp³-hybridized carbons (Fsp3) is 0.778. The molecule has 126 valence electrons. The van der Waals surface area contributed by atoms with E-state index in [-0.39, 0.29) is 0 Å². The quantitative estimate of drug-likeness (QED) is 0.836. The third-order valence-corrected chi connectivity index (χ3v) is 5.65. The minimum absolute atomic E-state index is 0.349. The summed E-state index contributed by atoms with van der Waals surface area (Å²) in [4.78, 5) is 14.1. The van der Waals surface area contributed by atoms with Gasteiger partial charge in [0.2, 0.25) is 0 Å². The molecule has 0 saturated carbocycles. The fourth-order valence-corrected chi connectivity index (χ4v) is 5.38. The highest BCUT2D eigenvalue weighted by Gasteiger charge is 2.47. The van der Waals surface area contributed by atoms with Crippen molar-refractivity contribution in [3.05, 3.63) is 18.1 Å². The highest BCUT2D eigenvalue weighted by Crippen LogP contribution is 2.45. The zero-order valence-electron chi connectivity index (χ0n) is 14.6. The Kier molecular flexibility index (Phi) is 3.61. The predicted octanol–water partition coefficient (Wildman–Crippen LogP) is 2.15. The summed E-state index contributed by atoms with van der Waals surface area (Å²) in [7, 11) is 2.26. The van der Waals surface area contributed by atoms with Crippen LogP contribution in [0.2, 0.25) is 0 Å². The van der Waals surface area contributed by atoms with Gasteiger partial charge in [0, 0.05) is 44.8 Å². The summed E-state index contributed by atoms with van der Waals surface area (Å²) in [6.45, 7) is 11.0. The monoisotopic (exact) mass is 316 g/mol. The molecule has 0 N–H and O–H groups in total. The lowest BCUT2D eigenvalue weighted by Gasteiger charge is -2.56. The number of fused-ring (bicyclic) bond motifs is 2. The third-order valence-electron chi connectivity index (χ3n) is 5.65. The number of likely N-dealkylation sites (tertiary alicyclic amines) is 1. The first-order chi connectivity index (χ1) is 10.9. The lowest BCUT2D eigenvalue weighted by Crippen LogP contribution is -2.61. The SMILES string of the molecule is CN1C[C@@]2(C)CN(c3cc([C@H]4CCOC4)ncn3)C[C@@](C)(C1)C2. The topological polar surface area (TPSA) is 41.5 Å². The number of nitrogens with zero attached hydrogens (tertiary/aromatic N) is 4. The van der Waals surface area contributed by atoms with Crippen molar-refractivity contribution in [2.45, 2.75) is 32.6 Å². The smallest absolute Gasteiger partial charge is 0.132 e. The van der Waals surface area contributed by atoms with Crippen LogP contribution in [0.25, 0.3) is 0 Å². The molecule has 3 fully saturated rings. The Balaban J connectivity index is 1.60. The molecule has 0 radical (unpaired) electrons. The minimum Gasteiger partial charge on any atom is -0.381 e. The van der Waals surface area contributed by atoms with E-state index < -0.39 is 0 Å². The Morgan fingerprint density at radius 3 is 2.52 bits per heavy atom. The summed E-state index contributed by atoms with van der Waals surface area (Å²) in [5.41, 5.74) is 1.85. The van der Waals surface area contributed by atoms with E-state index in [0.717, 1.165) is 44.2 Å². The van der Waals surface area contributed by atoms with Gasteiger partial charge in [0.25, 0.3) is 0 Å². The molecular weight excluding hydrogens is 288 g/mol. The molecule has 3 aliphatic rings. The van der Waals surface area contributed by atoms with Gasteiger partial charge < -0.3 is 14.5 Å². The number of hydrogen-bond acceptors (Lipinski definition) is 5. The molecule has 1 aromatic heterocycles. The van der Waals surface area contributed by atoms with Crippen LogP contribution < -0.4 is 4.90 Å². The van der Waals surface area contributed by atoms with E-state index in [1.165, 1.54) is 19.5 Å². The van der Waals surface area contributed by atoms with Crippen LogP contribution in [0, 0.1) is 10.8 Å². The molecule has 0 amide bonds. The maximum atomic E-state index is 5.52. The summed E-state index contributed by atoms with van der Waals surface area (Å²) in [6.07, 6.45) is 4.14. The molecule has 0 aliphatic carbocycles. The summed E-state index contributed by atoms with van der Waals surface area (Å²) < 4.78 is 5.52. The van der Waals surface area contributed by atoms with E-state index in [1.807, 2.05) is 0 Å². The average molecular weight is 316 g/mol. The van der Waals surface area contributed by atoms with E-state index in [9.17, 15) is 0 Å². The third kappa shape index (κ3) is 2.96. The van der Waals surface area contributed by atoms with Crippen LogP contribution in [-0.2, 0) is 4.74 Å². The van der Waals surface area contributed by atoms with Gasteiger partial charge in [-0.15, -0.1) is 0 Å². The van der Waals surface area contributed by atoms with Crippen molar-refractivity contribution >= 4 is 5.82 Å². The highest BCUT2D eigenvalue weighted by molar-refractivity contribution is 5.42. The van der Waals surface area contributed by atoms with Crippen LogP contribution in [0.15, 0.2) is 12.4 Å². The van der Waals surface area contributed by atoms with Gasteiger partial charge in [0.15, 0.2) is 0 Å². The van der Waals surface area contributed by atoms with Crippen LogP contribution in [0.1, 0.15) is 38.3 Å². The Labute approximate surface area is 139 Å². The van der Waals surface area contributed by atoms with Gasteiger partial charge in [-0.2, -0.15) is 0 Å². The first kappa shape index (κ1) is 15.3. The maximum absolute atomic E-state index is 5.52. The number of aromatic nitrogens is 2. The normalized spacial score (nSPS) is 38.0. The van der Waals surface area contributed by atoms with Gasteiger partial charge in [0.1, 0.15) is 12.1 Å². The first-order valence-electron chi connectivity index (χ1n) is 8.78. The van der Waals surface area contributed by atoms with Gasteiger partial charge in [-0.1, -0.05) is 13.8 Å². The number of rotatable bonds is 2. The van der Waals surface area contributed by atoms with E-state index >= 15 is 0 Å². The van der Waals surface area contributed by atoms with Crippen LogP contribution in [-0.4, -0.2) is 61.3 Å². The molecule has 0 spiro atoms. The van der Waals surface area contributed by atoms with Crippen molar-refractivity contribution in [2.75, 3.05) is 51.3 Å². The van der Waals surface area contributed by atoms with Gasteiger partial charge in [-0.05, 0) is 30.7 Å². The molecule has 5 nitrogen and oxygen atoms in total. The zero-order valence-corrected chi connectivity index (χ0v) is 14.6. The Morgan fingerprint density at radius 1 is 1.13 bits per heavy atom. The van der Waals surface area contributed by atoms with Crippen LogP contribution >= 0.6 is 0 Å². The van der Waals surface area contributed by atoms with Crippen molar-refractivity contribution < 1.29 is 4.74 Å². The predicted molar refractivity (Wildman–Crippen MR) is 90.8 cm³/mol. The van der Waals surface area contributed by atoms with Crippen molar-refractivity contribution in [2.24, 2.45) is 10.8 Å². The number of hydrogen-bond donors (Lipinski definition) is 0. The van der Waals surface area contributed by atoms with Gasteiger partial charge >= 0.3 is 0 Å². The molecule has 23 heavy (non-hydrogen) atoms. The summed E-state index contributed by atoms with van der Waals surface area (Å²) >= 11 is 0. The highest BCUT2D eigenvalue weighted by atomic mass is 16.5. The van der Waals surface area contributed by atoms with E-state index in [4.69, 9.17) is 4.74 Å². The van der Waals surface area contributed by atoms with Crippen molar-refractivity contribution in [3.8, 4) is 0 Å². The number of anilines is 1. The second-order valence-corrected chi connectivity index (χ2v) is 8.69. The molecule has 2 bridgehead atoms. The van der Waals surface area contributed by atoms with Crippen molar-refractivity contribution in [1.29, 1.82) is 0 Å². The van der Waals surface area contributed by atoms with Gasteiger partial charge in [0.05, 0.1) is 12.3 Å². The van der Waals surface area contributed by atoms with Gasteiger partial charge in [-0.3, -0.25) is 0 Å². The number of piperidine rings is 2. The van der Waals surface area contributed by atoms with Crippen molar-refractivity contribution in [3.63, 3.8) is 0 Å². The second-order valence-electron chi connectivity index (χ2n) is 8.69. The zero-order chi connectivity index (χ0) is 16.1. The Morgan fingerprint density at radius 2 is 1.87 bits per heavy atom. The standard InChI is InChI=1S/C18H28N4O/c1-17-8-18(2,10-21(3)9-17)12-22(11-17)16-6-15(19-13-20-16)14-4-5-23-7-14/h6,13-14H,4-5,7-12H2,1-3H3/t14-,17-,18+/m0/s1. The van der Waals surface area contributed by atoms with Crippen LogP contribution in [0.3, 0.4) is 0 Å². The first-order valence-corrected chi connectivity index (χ1v) is 8.78. The lowest BCUT2D eigenvalue weighted by molar-refractivity contribution is 0.00505. The molecule has 3 atom stereocenters. The molecule has 0 unspecified atom stereocenters. The minimum atomic E-state index is 0.349. The molecule has 0 aromatic carbocycles. The summed E-state index contributed by atoms with van der Waals surface area (Å²) in [5.74, 6) is 1.54. The second kappa shape index (κ2) is 5.42. The molecular formula is C18H28N4O. The summed E-state index contributed by atoms with van der Waals surface area (Å²) in [5, 5.41) is 0. The largest absolute Gasteiger partial charge is 0.381 e. The van der Waals surface area contributed by atoms with Gasteiger partial charge in [-0.25, -0.2) is 9.97 Å². The maximum Gasteiger partial charge on any atom is 0.132 e. The van der Waals surface area contributed by atoms with Crippen molar-refractivity contribution in [1.82, 2.24) is 14.9 Å². The Hall–Kier alpha value is -1.20. The van der Waals surface area contributed by atoms with E-state index in [1.54, 1.807) is 6.33 Å². The Bertz CT molecular complexity index is 568. The molecule has 3 saturated heterocycles. The fourth-order valence-electron chi connectivity index (χ4n) is 5.38. The molecule has 1 aromatic rings. The molecule has 4 rings (SSSR count). The van der Waals surface area contributed by atoms with E-state index in [0.29, 0.717) is 16.7 Å². The van der Waals surface area contributed by atoms with Crippen LogP contribution in [0.4, 0.5) is 5.82 Å². The number of ether oxygens (including phenoxy) is 1. The molecule has 3 aliphatic heterocycles. The molecule has 5 heteroatoms. The van der Waals surface area contributed by atoms with Crippen LogP contribution in [0.5, 0.6) is 0 Å². The summed E-state index contributed by atoms with van der Waals surface area (Å²) in [6, 6.07) is 2.21. The lowest BCUT2D eigenvalue weighted by atomic mass is 9.65. The van der Waals surface area contributed by atoms with E-state index in [2.05, 4.69) is 46.7 Å². The molecule has 4 heterocycles. The average Bonchev–Trinajstić information content (AvgIpc) is 2.98.